The molecule has 2 N–H and O–H groups in total. The molecule has 1 unspecified atom stereocenters. The molecule has 1 aromatic carbocycles. The van der Waals surface area contributed by atoms with Crippen molar-refractivity contribution in [1.29, 1.82) is 0 Å². The maximum absolute atomic E-state index is 6.18. The summed E-state index contributed by atoms with van der Waals surface area (Å²) in [5.41, 5.74) is 11.8. The molecule has 0 bridgehead atoms. The number of benzene rings is 1. The highest BCUT2D eigenvalue weighted by atomic mass is 14.9. The van der Waals surface area contributed by atoms with E-state index in [1.807, 2.05) is 0 Å². The van der Waals surface area contributed by atoms with Crippen LogP contribution in [0.3, 0.4) is 0 Å². The van der Waals surface area contributed by atoms with Crippen molar-refractivity contribution in [3.05, 3.63) is 35.0 Å². The SMILES string of the molecule is Cc1cccc2c(C(CN)C3CCCC3)c(C)n(C)c12. The Kier molecular flexibility index (Phi) is 3.59. The van der Waals surface area contributed by atoms with E-state index in [-0.39, 0.29) is 0 Å². The van der Waals surface area contributed by atoms with Gasteiger partial charge in [0, 0.05) is 24.0 Å². The minimum absolute atomic E-state index is 0.531. The molecule has 1 fully saturated rings. The van der Waals surface area contributed by atoms with E-state index in [9.17, 15) is 0 Å². The van der Waals surface area contributed by atoms with Gasteiger partial charge < -0.3 is 10.3 Å². The van der Waals surface area contributed by atoms with E-state index in [4.69, 9.17) is 5.73 Å². The first kappa shape index (κ1) is 13.7. The zero-order valence-corrected chi connectivity index (χ0v) is 12.9. The van der Waals surface area contributed by atoms with Crippen molar-refractivity contribution >= 4 is 10.9 Å². The van der Waals surface area contributed by atoms with Crippen LogP contribution in [0.5, 0.6) is 0 Å². The second-order valence-corrected chi connectivity index (χ2v) is 6.42. The Morgan fingerprint density at radius 3 is 2.60 bits per heavy atom. The molecule has 2 heteroatoms. The maximum Gasteiger partial charge on any atom is 0.0512 e. The second-order valence-electron chi connectivity index (χ2n) is 6.42. The lowest BCUT2D eigenvalue weighted by Crippen LogP contribution is -2.20. The topological polar surface area (TPSA) is 30.9 Å². The normalized spacial score (nSPS) is 18.0. The van der Waals surface area contributed by atoms with Gasteiger partial charge in [0.25, 0.3) is 0 Å². The number of fused-ring (bicyclic) bond motifs is 1. The van der Waals surface area contributed by atoms with Crippen LogP contribution in [0.2, 0.25) is 0 Å². The van der Waals surface area contributed by atoms with E-state index in [2.05, 4.69) is 43.7 Å². The Balaban J connectivity index is 2.19. The zero-order chi connectivity index (χ0) is 14.3. The molecule has 1 aromatic heterocycles. The summed E-state index contributed by atoms with van der Waals surface area (Å²) in [4.78, 5) is 0. The number of aryl methyl sites for hydroxylation is 2. The summed E-state index contributed by atoms with van der Waals surface area (Å²) in [7, 11) is 2.19. The average Bonchev–Trinajstić information content (AvgIpc) is 3.04. The average molecular weight is 270 g/mol. The van der Waals surface area contributed by atoms with Gasteiger partial charge in [0.2, 0.25) is 0 Å². The maximum atomic E-state index is 6.18. The third-order valence-electron chi connectivity index (χ3n) is 5.35. The molecule has 20 heavy (non-hydrogen) atoms. The molecule has 1 aliphatic carbocycles. The summed E-state index contributed by atoms with van der Waals surface area (Å²) in [6.07, 6.45) is 5.46. The van der Waals surface area contributed by atoms with Gasteiger partial charge in [-0.2, -0.15) is 0 Å². The molecular formula is C18H26N2. The van der Waals surface area contributed by atoms with Gasteiger partial charge in [-0.3, -0.25) is 0 Å². The van der Waals surface area contributed by atoms with Crippen molar-refractivity contribution in [3.8, 4) is 0 Å². The van der Waals surface area contributed by atoms with Gasteiger partial charge in [-0.15, -0.1) is 0 Å². The van der Waals surface area contributed by atoms with Crippen molar-refractivity contribution in [2.24, 2.45) is 18.7 Å². The fourth-order valence-corrected chi connectivity index (χ4v) is 4.24. The van der Waals surface area contributed by atoms with Crippen LogP contribution in [0.1, 0.15) is 48.4 Å². The molecule has 0 saturated heterocycles. The van der Waals surface area contributed by atoms with Gasteiger partial charge in [-0.05, 0) is 50.3 Å². The molecule has 1 saturated carbocycles. The Morgan fingerprint density at radius 1 is 1.25 bits per heavy atom. The second kappa shape index (κ2) is 5.25. The van der Waals surface area contributed by atoms with E-state index < -0.39 is 0 Å². The van der Waals surface area contributed by atoms with E-state index in [0.29, 0.717) is 5.92 Å². The van der Waals surface area contributed by atoms with Crippen molar-refractivity contribution in [2.75, 3.05) is 6.54 Å². The van der Waals surface area contributed by atoms with Gasteiger partial charge in [0.1, 0.15) is 0 Å². The number of nitrogens with two attached hydrogens (primary N) is 1. The van der Waals surface area contributed by atoms with Crippen LogP contribution in [0.25, 0.3) is 10.9 Å². The third-order valence-corrected chi connectivity index (χ3v) is 5.35. The van der Waals surface area contributed by atoms with E-state index >= 15 is 0 Å². The summed E-state index contributed by atoms with van der Waals surface area (Å²) in [5, 5.41) is 1.42. The zero-order valence-electron chi connectivity index (χ0n) is 12.9. The van der Waals surface area contributed by atoms with Crippen LogP contribution in [-0.2, 0) is 7.05 Å². The summed E-state index contributed by atoms with van der Waals surface area (Å²) >= 11 is 0. The molecule has 0 aliphatic heterocycles. The highest BCUT2D eigenvalue weighted by Crippen LogP contribution is 2.41. The van der Waals surface area contributed by atoms with E-state index in [1.165, 1.54) is 53.4 Å². The molecule has 108 valence electrons. The summed E-state index contributed by atoms with van der Waals surface area (Å²) in [6, 6.07) is 6.67. The smallest absolute Gasteiger partial charge is 0.0512 e. The lowest BCUT2D eigenvalue weighted by molar-refractivity contribution is 0.440. The monoisotopic (exact) mass is 270 g/mol. The van der Waals surface area contributed by atoms with Crippen molar-refractivity contribution in [2.45, 2.75) is 45.4 Å². The lowest BCUT2D eigenvalue weighted by atomic mass is 9.83. The highest BCUT2D eigenvalue weighted by Gasteiger charge is 2.29. The Bertz CT molecular complexity index is 618. The Hall–Kier alpha value is -1.28. The first-order valence-corrected chi connectivity index (χ1v) is 7.89. The number of nitrogens with zero attached hydrogens (tertiary/aromatic N) is 1. The Morgan fingerprint density at radius 2 is 1.95 bits per heavy atom. The van der Waals surface area contributed by atoms with Crippen LogP contribution < -0.4 is 5.73 Å². The molecule has 0 spiro atoms. The fraction of sp³-hybridized carbons (Fsp3) is 0.556. The molecule has 2 aromatic rings. The van der Waals surface area contributed by atoms with Gasteiger partial charge in [-0.25, -0.2) is 0 Å². The first-order valence-electron chi connectivity index (χ1n) is 7.89. The van der Waals surface area contributed by atoms with Gasteiger partial charge >= 0.3 is 0 Å². The predicted octanol–water partition coefficient (Wildman–Crippen LogP) is 4.03. The number of rotatable bonds is 3. The van der Waals surface area contributed by atoms with Crippen LogP contribution in [-0.4, -0.2) is 11.1 Å². The summed E-state index contributed by atoms with van der Waals surface area (Å²) in [5.74, 6) is 1.31. The number of para-hydroxylation sites is 1. The van der Waals surface area contributed by atoms with Gasteiger partial charge in [-0.1, -0.05) is 31.0 Å². The largest absolute Gasteiger partial charge is 0.347 e. The standard InChI is InChI=1S/C18H26N2/c1-12-7-6-10-15-17(13(2)20(3)18(12)15)16(11-19)14-8-4-5-9-14/h6-7,10,14,16H,4-5,8-9,11,19H2,1-3H3. The van der Waals surface area contributed by atoms with Crippen molar-refractivity contribution in [1.82, 2.24) is 4.57 Å². The van der Waals surface area contributed by atoms with Crippen molar-refractivity contribution in [3.63, 3.8) is 0 Å². The molecule has 0 amide bonds. The lowest BCUT2D eigenvalue weighted by Gasteiger charge is -2.23. The van der Waals surface area contributed by atoms with E-state index in [1.54, 1.807) is 0 Å². The van der Waals surface area contributed by atoms with Gasteiger partial charge in [0.05, 0.1) is 5.52 Å². The van der Waals surface area contributed by atoms with E-state index in [0.717, 1.165) is 12.5 Å². The minimum atomic E-state index is 0.531. The minimum Gasteiger partial charge on any atom is -0.347 e. The van der Waals surface area contributed by atoms with Crippen LogP contribution >= 0.6 is 0 Å². The number of aromatic nitrogens is 1. The molecule has 2 nitrogen and oxygen atoms in total. The fourth-order valence-electron chi connectivity index (χ4n) is 4.24. The molecule has 1 heterocycles. The van der Waals surface area contributed by atoms with Crippen LogP contribution in [0.15, 0.2) is 18.2 Å². The molecule has 3 rings (SSSR count). The quantitative estimate of drug-likeness (QED) is 0.897. The first-order chi connectivity index (χ1) is 9.65. The number of hydrogen-bond acceptors (Lipinski definition) is 1. The van der Waals surface area contributed by atoms with Crippen LogP contribution in [0.4, 0.5) is 0 Å². The Labute approximate surface area is 122 Å². The molecule has 0 radical (unpaired) electrons. The summed E-state index contributed by atoms with van der Waals surface area (Å²) in [6.45, 7) is 5.24. The van der Waals surface area contributed by atoms with Gasteiger partial charge in [0.15, 0.2) is 0 Å². The number of hydrogen-bond donors (Lipinski definition) is 1. The predicted molar refractivity (Wildman–Crippen MR) is 86.1 cm³/mol. The van der Waals surface area contributed by atoms with Crippen LogP contribution in [0, 0.1) is 19.8 Å². The van der Waals surface area contributed by atoms with Crippen molar-refractivity contribution < 1.29 is 0 Å². The molecule has 1 atom stereocenters. The molecular weight excluding hydrogens is 244 g/mol. The molecule has 1 aliphatic rings. The summed E-state index contributed by atoms with van der Waals surface area (Å²) < 4.78 is 2.36. The third kappa shape index (κ3) is 1.98. The highest BCUT2D eigenvalue weighted by molar-refractivity contribution is 5.88.